The number of nitrogens with one attached hydrogen (secondary N) is 3. The third-order valence-corrected chi connectivity index (χ3v) is 5.12. The molecule has 2 aromatic rings. The van der Waals surface area contributed by atoms with E-state index in [-0.39, 0.29) is 16.9 Å². The zero-order valence-corrected chi connectivity index (χ0v) is 21.4. The lowest BCUT2D eigenvalue weighted by Crippen LogP contribution is -2.34. The Kier molecular flexibility index (Phi) is 9.21. The lowest BCUT2D eigenvalue weighted by molar-refractivity contribution is -0.123. The molecule has 0 saturated heterocycles. The number of benzene rings is 2. The van der Waals surface area contributed by atoms with Gasteiger partial charge in [-0.25, -0.2) is 0 Å². The highest BCUT2D eigenvalue weighted by Gasteiger charge is 2.21. The Bertz CT molecular complexity index is 987. The van der Waals surface area contributed by atoms with E-state index in [4.69, 9.17) is 17.0 Å². The van der Waals surface area contributed by atoms with E-state index in [2.05, 4.69) is 45.7 Å². The minimum absolute atomic E-state index is 0.0924. The lowest BCUT2D eigenvalue weighted by Gasteiger charge is -2.18. The molecule has 2 amide bonds. The summed E-state index contributed by atoms with van der Waals surface area (Å²) in [6, 6.07) is 12.4. The first-order valence-corrected chi connectivity index (χ1v) is 11.6. The van der Waals surface area contributed by atoms with Gasteiger partial charge in [-0.2, -0.15) is 0 Å². The van der Waals surface area contributed by atoms with Gasteiger partial charge in [-0.05, 0) is 61.0 Å². The molecule has 3 N–H and O–H groups in total. The summed E-state index contributed by atoms with van der Waals surface area (Å²) in [5.74, 6) is 0.537. The van der Waals surface area contributed by atoms with Crippen LogP contribution in [0.2, 0.25) is 0 Å². The fourth-order valence-corrected chi connectivity index (χ4v) is 3.11. The van der Waals surface area contributed by atoms with Gasteiger partial charge in [0.1, 0.15) is 5.75 Å². The van der Waals surface area contributed by atoms with Gasteiger partial charge in [0.25, 0.3) is 5.91 Å². The standard InChI is InChI=1S/C24H30BrN3O3S/c1-15(2)11-12-31-20-10-9-16(25)13-19(20)21(29)28-23(32)27-18-8-6-7-17(14-18)26-22(30)24(3,4)5/h6-10,13-15H,11-12H2,1-5H3,(H,26,30)(H2,27,28,29,32). The summed E-state index contributed by atoms with van der Waals surface area (Å²) in [6.45, 7) is 10.3. The monoisotopic (exact) mass is 519 g/mol. The molecule has 0 aliphatic heterocycles. The van der Waals surface area contributed by atoms with Crippen molar-refractivity contribution in [1.29, 1.82) is 0 Å². The zero-order chi connectivity index (χ0) is 23.9. The van der Waals surface area contributed by atoms with E-state index in [1.165, 1.54) is 0 Å². The molecule has 8 heteroatoms. The molecule has 0 unspecified atom stereocenters. The molecule has 172 valence electrons. The number of rotatable bonds is 7. The van der Waals surface area contributed by atoms with Crippen molar-refractivity contribution in [3.63, 3.8) is 0 Å². The first-order valence-electron chi connectivity index (χ1n) is 10.4. The topological polar surface area (TPSA) is 79.5 Å². The van der Waals surface area contributed by atoms with E-state index in [0.29, 0.717) is 35.2 Å². The highest BCUT2D eigenvalue weighted by atomic mass is 79.9. The minimum Gasteiger partial charge on any atom is -0.493 e. The average molecular weight is 520 g/mol. The van der Waals surface area contributed by atoms with Crippen LogP contribution in [0.5, 0.6) is 5.75 Å². The highest BCUT2D eigenvalue weighted by Crippen LogP contribution is 2.24. The number of hydrogen-bond acceptors (Lipinski definition) is 4. The second-order valence-corrected chi connectivity index (χ2v) is 10.2. The third kappa shape index (κ3) is 8.24. The van der Waals surface area contributed by atoms with Gasteiger partial charge < -0.3 is 15.4 Å². The van der Waals surface area contributed by atoms with Crippen LogP contribution in [-0.4, -0.2) is 23.5 Å². The summed E-state index contributed by atoms with van der Waals surface area (Å²) in [4.78, 5) is 25.1. The molecular weight excluding hydrogens is 490 g/mol. The van der Waals surface area contributed by atoms with Crippen molar-refractivity contribution >= 4 is 56.4 Å². The van der Waals surface area contributed by atoms with Gasteiger partial charge in [-0.1, -0.05) is 56.6 Å². The molecule has 0 aromatic heterocycles. The number of halogens is 1. The Morgan fingerprint density at radius 1 is 1.06 bits per heavy atom. The van der Waals surface area contributed by atoms with Crippen LogP contribution < -0.4 is 20.7 Å². The highest BCUT2D eigenvalue weighted by molar-refractivity contribution is 9.10. The van der Waals surface area contributed by atoms with Crippen molar-refractivity contribution in [2.24, 2.45) is 11.3 Å². The number of anilines is 2. The lowest BCUT2D eigenvalue weighted by atomic mass is 9.95. The molecule has 0 radical (unpaired) electrons. The van der Waals surface area contributed by atoms with Gasteiger partial charge in [-0.15, -0.1) is 0 Å². The number of thiocarbonyl (C=S) groups is 1. The normalized spacial score (nSPS) is 11.1. The van der Waals surface area contributed by atoms with Crippen LogP contribution in [-0.2, 0) is 4.79 Å². The van der Waals surface area contributed by atoms with Gasteiger partial charge in [0, 0.05) is 21.3 Å². The number of amides is 2. The molecule has 0 heterocycles. The van der Waals surface area contributed by atoms with Crippen molar-refractivity contribution in [3.8, 4) is 5.75 Å². The maximum Gasteiger partial charge on any atom is 0.261 e. The van der Waals surface area contributed by atoms with Crippen LogP contribution in [0, 0.1) is 11.3 Å². The fourth-order valence-electron chi connectivity index (χ4n) is 2.54. The maximum atomic E-state index is 12.8. The Hall–Kier alpha value is -2.45. The van der Waals surface area contributed by atoms with Crippen LogP contribution >= 0.6 is 28.1 Å². The van der Waals surface area contributed by atoms with Crippen molar-refractivity contribution < 1.29 is 14.3 Å². The molecule has 0 fully saturated rings. The van der Waals surface area contributed by atoms with Crippen LogP contribution in [0.25, 0.3) is 0 Å². The minimum atomic E-state index is -0.508. The van der Waals surface area contributed by atoms with Crippen LogP contribution in [0.3, 0.4) is 0 Å². The molecule has 0 aliphatic rings. The van der Waals surface area contributed by atoms with Crippen molar-refractivity contribution in [2.75, 3.05) is 17.2 Å². The van der Waals surface area contributed by atoms with Gasteiger partial charge in [0.2, 0.25) is 5.91 Å². The molecular formula is C24H30BrN3O3S. The number of carbonyl (C=O) groups is 2. The largest absolute Gasteiger partial charge is 0.493 e. The Balaban J connectivity index is 2.04. The molecule has 0 atom stereocenters. The predicted molar refractivity (Wildman–Crippen MR) is 137 cm³/mol. The second-order valence-electron chi connectivity index (χ2n) is 8.86. The quantitative estimate of drug-likeness (QED) is 0.391. The van der Waals surface area contributed by atoms with E-state index >= 15 is 0 Å². The van der Waals surface area contributed by atoms with E-state index in [1.54, 1.807) is 36.4 Å². The van der Waals surface area contributed by atoms with Crippen molar-refractivity contribution in [3.05, 3.63) is 52.5 Å². The van der Waals surface area contributed by atoms with Crippen LogP contribution in [0.15, 0.2) is 46.9 Å². The zero-order valence-electron chi connectivity index (χ0n) is 19.0. The van der Waals surface area contributed by atoms with E-state index < -0.39 is 5.41 Å². The summed E-state index contributed by atoms with van der Waals surface area (Å²) in [5, 5.41) is 8.69. The third-order valence-electron chi connectivity index (χ3n) is 4.43. The number of ether oxygens (including phenoxy) is 1. The van der Waals surface area contributed by atoms with Crippen molar-refractivity contribution in [1.82, 2.24) is 5.32 Å². The number of carbonyl (C=O) groups excluding carboxylic acids is 2. The fraction of sp³-hybridized carbons (Fsp3) is 0.375. The van der Waals surface area contributed by atoms with Gasteiger partial charge in [0.15, 0.2) is 5.11 Å². The van der Waals surface area contributed by atoms with Crippen LogP contribution in [0.1, 0.15) is 51.4 Å². The van der Waals surface area contributed by atoms with Crippen LogP contribution in [0.4, 0.5) is 11.4 Å². The predicted octanol–water partition coefficient (Wildman–Crippen LogP) is 5.99. The molecule has 6 nitrogen and oxygen atoms in total. The first kappa shape index (κ1) is 25.8. The Labute approximate surface area is 203 Å². The molecule has 0 saturated carbocycles. The summed E-state index contributed by atoms with van der Waals surface area (Å²) in [7, 11) is 0. The molecule has 0 aliphatic carbocycles. The summed E-state index contributed by atoms with van der Waals surface area (Å²) < 4.78 is 6.58. The Morgan fingerprint density at radius 2 is 1.72 bits per heavy atom. The maximum absolute atomic E-state index is 12.8. The molecule has 2 rings (SSSR count). The number of hydrogen-bond donors (Lipinski definition) is 3. The van der Waals surface area contributed by atoms with E-state index in [1.807, 2.05) is 26.8 Å². The SMILES string of the molecule is CC(C)CCOc1ccc(Br)cc1C(=O)NC(=S)Nc1cccc(NC(=O)C(C)(C)C)c1. The second kappa shape index (κ2) is 11.4. The van der Waals surface area contributed by atoms with Gasteiger partial charge in [-0.3, -0.25) is 14.9 Å². The molecule has 0 spiro atoms. The van der Waals surface area contributed by atoms with E-state index in [9.17, 15) is 9.59 Å². The molecule has 32 heavy (non-hydrogen) atoms. The summed E-state index contributed by atoms with van der Waals surface area (Å²) in [5.41, 5.74) is 1.16. The first-order chi connectivity index (χ1) is 15.0. The van der Waals surface area contributed by atoms with E-state index in [0.717, 1.165) is 10.9 Å². The Morgan fingerprint density at radius 3 is 2.34 bits per heavy atom. The summed E-state index contributed by atoms with van der Waals surface area (Å²) in [6.07, 6.45) is 0.888. The summed E-state index contributed by atoms with van der Waals surface area (Å²) >= 11 is 8.72. The average Bonchev–Trinajstić information content (AvgIpc) is 2.68. The molecule has 0 bridgehead atoms. The van der Waals surface area contributed by atoms with Crippen molar-refractivity contribution in [2.45, 2.75) is 41.0 Å². The van der Waals surface area contributed by atoms with Gasteiger partial charge >= 0.3 is 0 Å². The molecule has 2 aromatic carbocycles. The smallest absolute Gasteiger partial charge is 0.261 e. The van der Waals surface area contributed by atoms with Gasteiger partial charge in [0.05, 0.1) is 12.2 Å².